The minimum absolute atomic E-state index is 0.00676. The highest BCUT2D eigenvalue weighted by atomic mass is 16.2. The van der Waals surface area contributed by atoms with E-state index < -0.39 is 5.41 Å². The second-order valence-corrected chi connectivity index (χ2v) is 5.43. The molecule has 0 bridgehead atoms. The highest BCUT2D eigenvalue weighted by Crippen LogP contribution is 2.32. The van der Waals surface area contributed by atoms with Gasteiger partial charge < -0.3 is 5.32 Å². The predicted octanol–water partition coefficient (Wildman–Crippen LogP) is 0.779. The van der Waals surface area contributed by atoms with E-state index in [4.69, 9.17) is 0 Å². The lowest BCUT2D eigenvalue weighted by molar-refractivity contribution is -0.127. The van der Waals surface area contributed by atoms with Gasteiger partial charge in [0.2, 0.25) is 11.9 Å². The Hall–Kier alpha value is -1.43. The number of amides is 1. The van der Waals surface area contributed by atoms with Gasteiger partial charge in [0.1, 0.15) is 6.33 Å². The summed E-state index contributed by atoms with van der Waals surface area (Å²) in [5.41, 5.74) is -0.403. The highest BCUT2D eigenvalue weighted by molar-refractivity contribution is 5.93. The van der Waals surface area contributed by atoms with Crippen LogP contribution in [-0.4, -0.2) is 33.8 Å². The molecule has 1 atom stereocenters. The minimum atomic E-state index is -0.403. The second kappa shape index (κ2) is 5.06. The largest absolute Gasteiger partial charge is 0.316 e. The summed E-state index contributed by atoms with van der Waals surface area (Å²) in [6.07, 6.45) is 3.66. The number of piperidine rings is 1. The number of aryl methyl sites for hydroxylation is 1. The average molecular weight is 251 g/mol. The Morgan fingerprint density at radius 2 is 2.39 bits per heavy atom. The molecule has 0 saturated carbocycles. The van der Waals surface area contributed by atoms with Crippen molar-refractivity contribution < 1.29 is 4.79 Å². The number of aromatic nitrogens is 3. The van der Waals surface area contributed by atoms with Gasteiger partial charge in [-0.15, -0.1) is 0 Å². The van der Waals surface area contributed by atoms with Crippen molar-refractivity contribution in [3.63, 3.8) is 0 Å². The molecule has 1 aromatic heterocycles. The van der Waals surface area contributed by atoms with E-state index in [2.05, 4.69) is 20.7 Å². The topological polar surface area (TPSA) is 71.8 Å². The average Bonchev–Trinajstić information content (AvgIpc) is 2.76. The fourth-order valence-corrected chi connectivity index (χ4v) is 2.33. The van der Waals surface area contributed by atoms with Crippen LogP contribution in [0.3, 0.4) is 0 Å². The number of anilines is 1. The predicted molar refractivity (Wildman–Crippen MR) is 69.0 cm³/mol. The fraction of sp³-hybridized carbons (Fsp3) is 0.750. The van der Waals surface area contributed by atoms with Gasteiger partial charge in [0.25, 0.3) is 0 Å². The lowest BCUT2D eigenvalue weighted by Gasteiger charge is -2.35. The first-order valence-corrected chi connectivity index (χ1v) is 6.38. The third-order valence-corrected chi connectivity index (χ3v) is 3.84. The summed E-state index contributed by atoms with van der Waals surface area (Å²) < 4.78 is 1.56. The molecule has 6 heteroatoms. The van der Waals surface area contributed by atoms with E-state index in [1.165, 1.54) is 6.33 Å². The van der Waals surface area contributed by atoms with Gasteiger partial charge in [-0.05, 0) is 31.8 Å². The third kappa shape index (κ3) is 2.53. The van der Waals surface area contributed by atoms with Crippen LogP contribution in [0, 0.1) is 11.3 Å². The van der Waals surface area contributed by atoms with E-state index >= 15 is 0 Å². The molecular weight excluding hydrogens is 230 g/mol. The molecule has 1 fully saturated rings. The number of nitrogens with one attached hydrogen (secondary N) is 2. The Bertz CT molecular complexity index is 420. The van der Waals surface area contributed by atoms with Crippen molar-refractivity contribution in [2.75, 3.05) is 18.4 Å². The molecule has 6 nitrogen and oxygen atoms in total. The molecule has 100 valence electrons. The summed E-state index contributed by atoms with van der Waals surface area (Å²) in [7, 11) is 1.76. The molecule has 0 spiro atoms. The SMILES string of the molecule is Cn1ncnc1NC(=O)C(C)(C)C1CCCNC1. The van der Waals surface area contributed by atoms with Crippen molar-refractivity contribution in [2.45, 2.75) is 26.7 Å². The number of hydrogen-bond acceptors (Lipinski definition) is 4. The van der Waals surface area contributed by atoms with E-state index in [1.54, 1.807) is 11.7 Å². The molecule has 1 unspecified atom stereocenters. The van der Waals surface area contributed by atoms with Crippen molar-refractivity contribution in [3.8, 4) is 0 Å². The summed E-state index contributed by atoms with van der Waals surface area (Å²) in [5.74, 6) is 0.864. The molecule has 1 saturated heterocycles. The first-order valence-electron chi connectivity index (χ1n) is 6.38. The normalized spacial score (nSPS) is 20.7. The maximum Gasteiger partial charge on any atom is 0.232 e. The minimum Gasteiger partial charge on any atom is -0.316 e. The highest BCUT2D eigenvalue weighted by Gasteiger charge is 2.37. The Labute approximate surface area is 107 Å². The van der Waals surface area contributed by atoms with E-state index in [1.807, 2.05) is 13.8 Å². The van der Waals surface area contributed by atoms with Gasteiger partial charge in [0.15, 0.2) is 0 Å². The van der Waals surface area contributed by atoms with Crippen LogP contribution in [0.1, 0.15) is 26.7 Å². The van der Waals surface area contributed by atoms with Gasteiger partial charge >= 0.3 is 0 Å². The monoisotopic (exact) mass is 251 g/mol. The van der Waals surface area contributed by atoms with Gasteiger partial charge in [-0.1, -0.05) is 13.8 Å². The molecule has 2 rings (SSSR count). The van der Waals surface area contributed by atoms with Crippen LogP contribution in [0.4, 0.5) is 5.95 Å². The molecule has 1 aliphatic heterocycles. The second-order valence-electron chi connectivity index (χ2n) is 5.43. The van der Waals surface area contributed by atoms with Crippen LogP contribution in [-0.2, 0) is 11.8 Å². The van der Waals surface area contributed by atoms with E-state index in [-0.39, 0.29) is 5.91 Å². The van der Waals surface area contributed by atoms with Gasteiger partial charge in [0.05, 0.1) is 0 Å². The Morgan fingerprint density at radius 1 is 1.61 bits per heavy atom. The number of hydrogen-bond donors (Lipinski definition) is 2. The molecular formula is C12H21N5O. The smallest absolute Gasteiger partial charge is 0.232 e. The van der Waals surface area contributed by atoms with Crippen molar-refractivity contribution >= 4 is 11.9 Å². The summed E-state index contributed by atoms with van der Waals surface area (Å²) in [5, 5.41) is 10.1. The van der Waals surface area contributed by atoms with E-state index in [9.17, 15) is 4.79 Å². The fourth-order valence-electron chi connectivity index (χ4n) is 2.33. The standard InChI is InChI=1S/C12H21N5O/c1-12(2,9-5-4-6-13-7-9)10(18)16-11-14-8-15-17(11)3/h8-9,13H,4-7H2,1-3H3,(H,14,15,16,18). The van der Waals surface area contributed by atoms with Crippen molar-refractivity contribution in [2.24, 2.45) is 18.4 Å². The van der Waals surface area contributed by atoms with Crippen LogP contribution >= 0.6 is 0 Å². The number of carbonyl (C=O) groups is 1. The van der Waals surface area contributed by atoms with Crippen LogP contribution < -0.4 is 10.6 Å². The number of nitrogens with zero attached hydrogens (tertiary/aromatic N) is 3. The Morgan fingerprint density at radius 3 is 2.94 bits per heavy atom. The quantitative estimate of drug-likeness (QED) is 0.832. The van der Waals surface area contributed by atoms with E-state index in [0.717, 1.165) is 25.9 Å². The van der Waals surface area contributed by atoms with Crippen molar-refractivity contribution in [1.82, 2.24) is 20.1 Å². The maximum absolute atomic E-state index is 12.4. The molecule has 2 heterocycles. The lowest BCUT2D eigenvalue weighted by Crippen LogP contribution is -2.45. The summed E-state index contributed by atoms with van der Waals surface area (Å²) >= 11 is 0. The summed E-state index contributed by atoms with van der Waals surface area (Å²) in [4.78, 5) is 16.4. The van der Waals surface area contributed by atoms with Crippen molar-refractivity contribution in [1.29, 1.82) is 0 Å². The molecule has 0 radical (unpaired) electrons. The number of carbonyl (C=O) groups excluding carboxylic acids is 1. The Balaban J connectivity index is 2.04. The molecule has 18 heavy (non-hydrogen) atoms. The van der Waals surface area contributed by atoms with E-state index in [0.29, 0.717) is 11.9 Å². The van der Waals surface area contributed by atoms with Crippen LogP contribution in [0.2, 0.25) is 0 Å². The number of rotatable bonds is 3. The van der Waals surface area contributed by atoms with Crippen LogP contribution in [0.5, 0.6) is 0 Å². The van der Waals surface area contributed by atoms with Crippen molar-refractivity contribution in [3.05, 3.63) is 6.33 Å². The zero-order valence-corrected chi connectivity index (χ0v) is 11.2. The maximum atomic E-state index is 12.4. The van der Waals surface area contributed by atoms with Gasteiger partial charge in [-0.2, -0.15) is 10.1 Å². The molecule has 1 amide bonds. The molecule has 2 N–H and O–H groups in total. The summed E-state index contributed by atoms with van der Waals surface area (Å²) in [6, 6.07) is 0. The third-order valence-electron chi connectivity index (χ3n) is 3.84. The van der Waals surface area contributed by atoms with Gasteiger partial charge in [-0.25, -0.2) is 4.68 Å². The molecule has 1 aliphatic rings. The molecule has 0 aromatic carbocycles. The van der Waals surface area contributed by atoms with Gasteiger partial charge in [0, 0.05) is 12.5 Å². The first kappa shape index (κ1) is 13.0. The van der Waals surface area contributed by atoms with Crippen LogP contribution in [0.25, 0.3) is 0 Å². The van der Waals surface area contributed by atoms with Gasteiger partial charge in [-0.3, -0.25) is 10.1 Å². The first-order chi connectivity index (χ1) is 8.51. The lowest BCUT2D eigenvalue weighted by atomic mass is 9.74. The molecule has 1 aromatic rings. The zero-order valence-electron chi connectivity index (χ0n) is 11.2. The van der Waals surface area contributed by atoms with Crippen LogP contribution in [0.15, 0.2) is 6.33 Å². The summed E-state index contributed by atoms with van der Waals surface area (Å²) in [6.45, 7) is 5.95. The molecule has 0 aliphatic carbocycles. The Kier molecular flexibility index (Phi) is 3.65. The zero-order chi connectivity index (χ0) is 13.2.